The van der Waals surface area contributed by atoms with Gasteiger partial charge in [-0.05, 0) is 29.3 Å². The molecule has 0 saturated heterocycles. The number of carbonyl (C=O) groups is 1. The number of ether oxygens (including phenoxy) is 1. The van der Waals surface area contributed by atoms with Crippen molar-refractivity contribution in [2.75, 3.05) is 20.3 Å². The average molecular weight is 326 g/mol. The molecule has 2 aromatic carbocycles. The van der Waals surface area contributed by atoms with E-state index in [9.17, 15) is 4.79 Å². The summed E-state index contributed by atoms with van der Waals surface area (Å²) >= 11 is 0. The summed E-state index contributed by atoms with van der Waals surface area (Å²) in [6.45, 7) is 0.642. The second-order valence-electron chi connectivity index (χ2n) is 5.19. The van der Waals surface area contributed by atoms with Crippen molar-refractivity contribution in [3.8, 4) is 5.75 Å². The Labute approximate surface area is 142 Å². The molecule has 0 saturated carbocycles. The Bertz CT molecular complexity index is 654. The van der Waals surface area contributed by atoms with E-state index in [-0.39, 0.29) is 19.2 Å². The maximum absolute atomic E-state index is 12.3. The third kappa shape index (κ3) is 5.44. The quantitative estimate of drug-likeness (QED) is 0.822. The number of aliphatic hydroxyl groups is 1. The third-order valence-electron chi connectivity index (χ3n) is 3.47. The monoisotopic (exact) mass is 326 g/mol. The molecule has 24 heavy (non-hydrogen) atoms. The number of nitrogens with zero attached hydrogens (tertiary/aromatic N) is 1. The van der Waals surface area contributed by atoms with Gasteiger partial charge < -0.3 is 20.1 Å². The van der Waals surface area contributed by atoms with Crippen molar-refractivity contribution in [3.63, 3.8) is 0 Å². The number of amides is 2. The van der Waals surface area contributed by atoms with Gasteiger partial charge in [-0.3, -0.25) is 0 Å². The minimum absolute atomic E-state index is 0.0809. The van der Waals surface area contributed by atoms with E-state index in [0.29, 0.717) is 6.54 Å². The van der Waals surface area contributed by atoms with Gasteiger partial charge in [-0.15, -0.1) is 0 Å². The van der Waals surface area contributed by atoms with Crippen LogP contribution in [0.15, 0.2) is 60.8 Å². The van der Waals surface area contributed by atoms with Crippen molar-refractivity contribution in [1.29, 1.82) is 0 Å². The minimum atomic E-state index is -0.252. The van der Waals surface area contributed by atoms with Gasteiger partial charge in [0.25, 0.3) is 0 Å². The molecule has 0 unspecified atom stereocenters. The number of urea groups is 1. The average Bonchev–Trinajstić information content (AvgIpc) is 2.62. The van der Waals surface area contributed by atoms with E-state index in [0.717, 1.165) is 16.9 Å². The van der Waals surface area contributed by atoms with Crippen molar-refractivity contribution in [2.45, 2.75) is 6.54 Å². The summed E-state index contributed by atoms with van der Waals surface area (Å²) in [7, 11) is 1.62. The zero-order chi connectivity index (χ0) is 17.2. The predicted molar refractivity (Wildman–Crippen MR) is 94.5 cm³/mol. The molecule has 0 aromatic heterocycles. The Kier molecular flexibility index (Phi) is 6.86. The Hall–Kier alpha value is -2.79. The highest BCUT2D eigenvalue weighted by molar-refractivity contribution is 5.76. The van der Waals surface area contributed by atoms with E-state index in [2.05, 4.69) is 5.32 Å². The highest BCUT2D eigenvalue weighted by Gasteiger charge is 2.11. The van der Waals surface area contributed by atoms with Gasteiger partial charge in [0.15, 0.2) is 0 Å². The Morgan fingerprint density at radius 2 is 1.88 bits per heavy atom. The van der Waals surface area contributed by atoms with E-state index in [4.69, 9.17) is 9.84 Å². The Balaban J connectivity index is 1.93. The zero-order valence-electron chi connectivity index (χ0n) is 13.7. The largest absolute Gasteiger partial charge is 0.497 e. The summed E-state index contributed by atoms with van der Waals surface area (Å²) in [6.07, 6.45) is 3.40. The molecular formula is C19H22N2O3. The molecular weight excluding hydrogens is 304 g/mol. The molecule has 2 aromatic rings. The van der Waals surface area contributed by atoms with Crippen molar-refractivity contribution in [1.82, 2.24) is 10.2 Å². The molecule has 126 valence electrons. The van der Waals surface area contributed by atoms with Gasteiger partial charge >= 0.3 is 6.03 Å². The van der Waals surface area contributed by atoms with Crippen LogP contribution in [0.5, 0.6) is 5.75 Å². The van der Waals surface area contributed by atoms with Gasteiger partial charge in [-0.25, -0.2) is 4.79 Å². The Morgan fingerprint density at radius 1 is 1.17 bits per heavy atom. The molecule has 0 heterocycles. The van der Waals surface area contributed by atoms with E-state index < -0.39 is 0 Å². The molecule has 0 atom stereocenters. The summed E-state index contributed by atoms with van der Waals surface area (Å²) in [4.78, 5) is 13.8. The summed E-state index contributed by atoms with van der Waals surface area (Å²) in [6, 6.07) is 16.9. The first-order valence-corrected chi connectivity index (χ1v) is 7.74. The number of methoxy groups -OCH3 is 1. The summed E-state index contributed by atoms with van der Waals surface area (Å²) in [5, 5.41) is 11.9. The van der Waals surface area contributed by atoms with Crippen LogP contribution in [0.2, 0.25) is 0 Å². The normalized spacial score (nSPS) is 10.6. The van der Waals surface area contributed by atoms with Crippen molar-refractivity contribution in [3.05, 3.63) is 71.9 Å². The van der Waals surface area contributed by atoms with Gasteiger partial charge in [-0.1, -0.05) is 42.5 Å². The van der Waals surface area contributed by atoms with E-state index in [1.165, 1.54) is 0 Å². The van der Waals surface area contributed by atoms with Crippen LogP contribution in [0.25, 0.3) is 6.08 Å². The van der Waals surface area contributed by atoms with Crippen LogP contribution in [0, 0.1) is 0 Å². The molecule has 0 spiro atoms. The first kappa shape index (κ1) is 17.6. The third-order valence-corrected chi connectivity index (χ3v) is 3.47. The van der Waals surface area contributed by atoms with Gasteiger partial charge in [0.2, 0.25) is 0 Å². The second kappa shape index (κ2) is 9.37. The number of hydrogen-bond donors (Lipinski definition) is 2. The number of carbonyl (C=O) groups excluding carboxylic acids is 1. The molecule has 0 aliphatic heterocycles. The van der Waals surface area contributed by atoms with Crippen LogP contribution >= 0.6 is 0 Å². The SMILES string of the molecule is COc1ccc(/C=C/NC(=O)N(CCO)Cc2ccccc2)cc1. The fourth-order valence-electron chi connectivity index (χ4n) is 2.19. The standard InChI is InChI=1S/C19H22N2O3/c1-24-18-9-7-16(8-10-18)11-12-20-19(23)21(13-14-22)15-17-5-3-2-4-6-17/h2-12,22H,13-15H2,1H3,(H,20,23)/b12-11+. The topological polar surface area (TPSA) is 61.8 Å². The van der Waals surface area contributed by atoms with Crippen molar-refractivity contribution in [2.24, 2.45) is 0 Å². The first-order chi connectivity index (χ1) is 11.7. The summed E-state index contributed by atoms with van der Waals surface area (Å²) in [5.41, 5.74) is 1.97. The summed E-state index contributed by atoms with van der Waals surface area (Å²) < 4.78 is 5.10. The molecule has 5 nitrogen and oxygen atoms in total. The molecule has 0 radical (unpaired) electrons. The molecule has 0 bridgehead atoms. The lowest BCUT2D eigenvalue weighted by atomic mass is 10.2. The smallest absolute Gasteiger partial charge is 0.321 e. The van der Waals surface area contributed by atoms with E-state index in [1.807, 2.05) is 54.6 Å². The lowest BCUT2D eigenvalue weighted by Crippen LogP contribution is -2.38. The first-order valence-electron chi connectivity index (χ1n) is 7.74. The van der Waals surface area contributed by atoms with Crippen LogP contribution in [0.4, 0.5) is 4.79 Å². The number of aliphatic hydroxyl groups excluding tert-OH is 1. The summed E-state index contributed by atoms with van der Waals surface area (Å²) in [5.74, 6) is 0.785. The van der Waals surface area contributed by atoms with Gasteiger partial charge in [0.05, 0.1) is 13.7 Å². The second-order valence-corrected chi connectivity index (χ2v) is 5.19. The lowest BCUT2D eigenvalue weighted by Gasteiger charge is -2.21. The van der Waals surface area contributed by atoms with Crippen molar-refractivity contribution >= 4 is 12.1 Å². The van der Waals surface area contributed by atoms with Crippen LogP contribution in [0.1, 0.15) is 11.1 Å². The zero-order valence-corrected chi connectivity index (χ0v) is 13.7. The highest BCUT2D eigenvalue weighted by Crippen LogP contribution is 2.12. The fourth-order valence-corrected chi connectivity index (χ4v) is 2.19. The highest BCUT2D eigenvalue weighted by atomic mass is 16.5. The van der Waals surface area contributed by atoms with Gasteiger partial charge in [-0.2, -0.15) is 0 Å². The molecule has 2 amide bonds. The van der Waals surface area contributed by atoms with Gasteiger partial charge in [0.1, 0.15) is 5.75 Å². The number of hydrogen-bond acceptors (Lipinski definition) is 3. The molecule has 2 rings (SSSR count). The maximum Gasteiger partial charge on any atom is 0.321 e. The van der Waals surface area contributed by atoms with Crippen LogP contribution in [0.3, 0.4) is 0 Å². The van der Waals surface area contributed by atoms with Gasteiger partial charge in [0, 0.05) is 19.3 Å². The minimum Gasteiger partial charge on any atom is -0.497 e. The van der Waals surface area contributed by atoms with Crippen molar-refractivity contribution < 1.29 is 14.6 Å². The number of nitrogens with one attached hydrogen (secondary N) is 1. The van der Waals surface area contributed by atoms with Crippen LogP contribution in [-0.2, 0) is 6.54 Å². The molecule has 0 aliphatic rings. The van der Waals surface area contributed by atoms with Crippen LogP contribution < -0.4 is 10.1 Å². The van der Waals surface area contributed by atoms with E-state index in [1.54, 1.807) is 24.3 Å². The molecule has 5 heteroatoms. The molecule has 0 fully saturated rings. The van der Waals surface area contributed by atoms with Crippen LogP contribution in [-0.4, -0.2) is 36.3 Å². The number of benzene rings is 2. The lowest BCUT2D eigenvalue weighted by molar-refractivity contribution is 0.177. The fraction of sp³-hybridized carbons (Fsp3) is 0.211. The number of rotatable bonds is 7. The Morgan fingerprint density at radius 3 is 2.50 bits per heavy atom. The van der Waals surface area contributed by atoms with E-state index >= 15 is 0 Å². The molecule has 0 aliphatic carbocycles. The molecule has 2 N–H and O–H groups in total. The predicted octanol–water partition coefficient (Wildman–Crippen LogP) is 2.87. The maximum atomic E-state index is 12.3.